The molecule has 1 heterocycles. The fraction of sp³-hybridized carbons (Fsp3) is 0.455. The molecule has 1 aromatic rings. The van der Waals surface area contributed by atoms with Gasteiger partial charge >= 0.3 is 0 Å². The normalized spacial score (nSPS) is 20.6. The van der Waals surface area contributed by atoms with Crippen molar-refractivity contribution in [1.29, 1.82) is 0 Å². The fourth-order valence-corrected chi connectivity index (χ4v) is 2.38. The van der Waals surface area contributed by atoms with Crippen LogP contribution in [0.4, 0.5) is 0 Å². The van der Waals surface area contributed by atoms with E-state index in [1.165, 1.54) is 0 Å². The largest absolute Gasteiger partial charge is 0.486 e. The Balaban J connectivity index is 2.19. The van der Waals surface area contributed by atoms with Gasteiger partial charge < -0.3 is 10.1 Å². The van der Waals surface area contributed by atoms with E-state index in [1.807, 2.05) is 19.1 Å². The molecule has 1 N–H and O–H groups in total. The first kappa shape index (κ1) is 11.1. The van der Waals surface area contributed by atoms with Crippen LogP contribution in [-0.4, -0.2) is 19.2 Å². The Bertz CT molecular complexity index is 339. The van der Waals surface area contributed by atoms with Crippen molar-refractivity contribution in [3.8, 4) is 5.75 Å². The molecule has 1 atom stereocenters. The van der Waals surface area contributed by atoms with Crippen LogP contribution in [0.5, 0.6) is 5.75 Å². The van der Waals surface area contributed by atoms with Gasteiger partial charge in [-0.15, -0.1) is 0 Å². The number of nitrogens with one attached hydrogen (secondary N) is 1. The van der Waals surface area contributed by atoms with Crippen molar-refractivity contribution in [2.45, 2.75) is 19.4 Å². The Morgan fingerprint density at radius 1 is 1.33 bits per heavy atom. The minimum absolute atomic E-state index is 0.183. The van der Waals surface area contributed by atoms with Crippen molar-refractivity contribution < 1.29 is 4.74 Å². The first-order chi connectivity index (χ1) is 7.16. The number of benzene rings is 1. The molecule has 0 saturated carbocycles. The van der Waals surface area contributed by atoms with E-state index in [2.05, 4.69) is 5.32 Å². The van der Waals surface area contributed by atoms with Crippen LogP contribution < -0.4 is 10.1 Å². The zero-order valence-corrected chi connectivity index (χ0v) is 10.0. The molecule has 0 radical (unpaired) electrons. The molecule has 0 bridgehead atoms. The highest BCUT2D eigenvalue weighted by molar-refractivity contribution is 6.37. The van der Waals surface area contributed by atoms with Crippen LogP contribution in [0.15, 0.2) is 12.1 Å². The van der Waals surface area contributed by atoms with E-state index in [0.29, 0.717) is 15.8 Å². The third kappa shape index (κ3) is 2.57. The lowest BCUT2D eigenvalue weighted by Crippen LogP contribution is -2.19. The molecule has 1 aliphatic rings. The van der Waals surface area contributed by atoms with Crippen LogP contribution >= 0.6 is 23.2 Å². The molecule has 4 heteroatoms. The van der Waals surface area contributed by atoms with Crippen LogP contribution in [-0.2, 0) is 0 Å². The SMILES string of the molecule is Cc1cc(Cl)c(O[C@@H]2CCNC2)c(Cl)c1. The summed E-state index contributed by atoms with van der Waals surface area (Å²) in [6.07, 6.45) is 1.18. The maximum absolute atomic E-state index is 6.08. The molecular weight excluding hydrogens is 233 g/mol. The Morgan fingerprint density at radius 2 is 2.00 bits per heavy atom. The van der Waals surface area contributed by atoms with Gasteiger partial charge in [-0.1, -0.05) is 23.2 Å². The Morgan fingerprint density at radius 3 is 2.53 bits per heavy atom. The predicted molar refractivity (Wildman–Crippen MR) is 63.1 cm³/mol. The maximum atomic E-state index is 6.08. The van der Waals surface area contributed by atoms with Crippen LogP contribution in [0, 0.1) is 6.92 Å². The van der Waals surface area contributed by atoms with E-state index in [1.54, 1.807) is 0 Å². The van der Waals surface area contributed by atoms with Gasteiger partial charge in [-0.25, -0.2) is 0 Å². The van der Waals surface area contributed by atoms with Crippen molar-refractivity contribution in [3.63, 3.8) is 0 Å². The smallest absolute Gasteiger partial charge is 0.156 e. The van der Waals surface area contributed by atoms with Gasteiger partial charge in [0.25, 0.3) is 0 Å². The van der Waals surface area contributed by atoms with Crippen molar-refractivity contribution in [2.75, 3.05) is 13.1 Å². The van der Waals surface area contributed by atoms with Gasteiger partial charge in [-0.3, -0.25) is 0 Å². The minimum Gasteiger partial charge on any atom is -0.486 e. The number of ether oxygens (including phenoxy) is 1. The van der Waals surface area contributed by atoms with Crippen LogP contribution in [0.25, 0.3) is 0 Å². The van der Waals surface area contributed by atoms with Crippen molar-refractivity contribution in [3.05, 3.63) is 27.7 Å². The summed E-state index contributed by atoms with van der Waals surface area (Å²) in [7, 11) is 0. The summed E-state index contributed by atoms with van der Waals surface area (Å²) in [5.41, 5.74) is 1.04. The molecule has 82 valence electrons. The number of halogens is 2. The van der Waals surface area contributed by atoms with Crippen LogP contribution in [0.3, 0.4) is 0 Å². The number of hydrogen-bond acceptors (Lipinski definition) is 2. The molecule has 2 nitrogen and oxygen atoms in total. The third-order valence-corrected chi connectivity index (χ3v) is 3.00. The number of hydrogen-bond donors (Lipinski definition) is 1. The van der Waals surface area contributed by atoms with Gasteiger partial charge in [0, 0.05) is 6.54 Å². The van der Waals surface area contributed by atoms with Gasteiger partial charge in [-0.05, 0) is 37.6 Å². The molecule has 0 spiro atoms. The molecule has 0 unspecified atom stereocenters. The highest BCUT2D eigenvalue weighted by Crippen LogP contribution is 2.35. The second kappa shape index (κ2) is 4.60. The molecule has 1 aromatic carbocycles. The molecule has 15 heavy (non-hydrogen) atoms. The van der Waals surface area contributed by atoms with Crippen LogP contribution in [0.1, 0.15) is 12.0 Å². The van der Waals surface area contributed by atoms with Gasteiger partial charge in [0.2, 0.25) is 0 Å². The monoisotopic (exact) mass is 245 g/mol. The summed E-state index contributed by atoms with van der Waals surface area (Å²) < 4.78 is 5.77. The van der Waals surface area contributed by atoms with Crippen LogP contribution in [0.2, 0.25) is 10.0 Å². The summed E-state index contributed by atoms with van der Waals surface area (Å²) >= 11 is 12.2. The molecule has 0 aliphatic carbocycles. The highest BCUT2D eigenvalue weighted by Gasteiger charge is 2.19. The van der Waals surface area contributed by atoms with Gasteiger partial charge in [-0.2, -0.15) is 0 Å². The van der Waals surface area contributed by atoms with Gasteiger partial charge in [0.1, 0.15) is 6.10 Å². The average Bonchev–Trinajstić information content (AvgIpc) is 2.63. The van der Waals surface area contributed by atoms with E-state index >= 15 is 0 Å². The van der Waals surface area contributed by atoms with E-state index in [0.717, 1.165) is 25.1 Å². The topological polar surface area (TPSA) is 21.3 Å². The molecule has 2 rings (SSSR count). The Labute approximate surface area is 99.5 Å². The summed E-state index contributed by atoms with van der Waals surface area (Å²) in [5.74, 6) is 0.609. The predicted octanol–water partition coefficient (Wildman–Crippen LogP) is 3.04. The zero-order valence-electron chi connectivity index (χ0n) is 8.52. The lowest BCUT2D eigenvalue weighted by atomic mass is 10.2. The molecule has 1 aliphatic heterocycles. The Kier molecular flexibility index (Phi) is 3.39. The van der Waals surface area contributed by atoms with E-state index in [4.69, 9.17) is 27.9 Å². The van der Waals surface area contributed by atoms with E-state index < -0.39 is 0 Å². The van der Waals surface area contributed by atoms with Gasteiger partial charge in [0.15, 0.2) is 5.75 Å². The first-order valence-electron chi connectivity index (χ1n) is 5.00. The third-order valence-electron chi connectivity index (χ3n) is 2.44. The number of aryl methyl sites for hydroxylation is 1. The molecular formula is C11H13Cl2NO. The zero-order chi connectivity index (χ0) is 10.8. The Hall–Kier alpha value is -0.440. The molecule has 0 aromatic heterocycles. The van der Waals surface area contributed by atoms with Crippen molar-refractivity contribution in [2.24, 2.45) is 0 Å². The summed E-state index contributed by atoms with van der Waals surface area (Å²) in [6, 6.07) is 3.73. The second-order valence-electron chi connectivity index (χ2n) is 3.79. The highest BCUT2D eigenvalue weighted by atomic mass is 35.5. The fourth-order valence-electron chi connectivity index (χ4n) is 1.69. The summed E-state index contributed by atoms with van der Waals surface area (Å²) in [6.45, 7) is 3.81. The van der Waals surface area contributed by atoms with Crippen molar-refractivity contribution in [1.82, 2.24) is 5.32 Å². The maximum Gasteiger partial charge on any atom is 0.156 e. The summed E-state index contributed by atoms with van der Waals surface area (Å²) in [5, 5.41) is 4.41. The molecule has 1 saturated heterocycles. The lowest BCUT2D eigenvalue weighted by Gasteiger charge is -2.15. The standard InChI is InChI=1S/C11H13Cl2NO/c1-7-4-9(12)11(10(13)5-7)15-8-2-3-14-6-8/h4-5,8,14H,2-3,6H2,1H3/t8-/m1/s1. The first-order valence-corrected chi connectivity index (χ1v) is 5.75. The number of rotatable bonds is 2. The quantitative estimate of drug-likeness (QED) is 0.865. The molecule has 1 fully saturated rings. The van der Waals surface area contributed by atoms with E-state index in [9.17, 15) is 0 Å². The van der Waals surface area contributed by atoms with Crippen molar-refractivity contribution >= 4 is 23.2 Å². The van der Waals surface area contributed by atoms with Gasteiger partial charge in [0.05, 0.1) is 10.0 Å². The molecule has 0 amide bonds. The summed E-state index contributed by atoms with van der Waals surface area (Å²) in [4.78, 5) is 0. The van der Waals surface area contributed by atoms with E-state index in [-0.39, 0.29) is 6.10 Å². The average molecular weight is 246 g/mol. The lowest BCUT2D eigenvalue weighted by molar-refractivity contribution is 0.223. The minimum atomic E-state index is 0.183. The second-order valence-corrected chi connectivity index (χ2v) is 4.60.